The minimum Gasteiger partial charge on any atom is -0.394 e. The van der Waals surface area contributed by atoms with Crippen molar-refractivity contribution in [2.24, 2.45) is 0 Å². The Morgan fingerprint density at radius 3 is 3.05 bits per heavy atom. The van der Waals surface area contributed by atoms with Crippen LogP contribution < -0.4 is 0 Å². The second kappa shape index (κ2) is 7.61. The number of rotatable bonds is 5. The maximum Gasteiger partial charge on any atom is 0.223 e. The Kier molecular flexibility index (Phi) is 5.82. The molecule has 1 amide bonds. The van der Waals surface area contributed by atoms with E-state index in [1.165, 1.54) is 17.8 Å². The average molecular weight is 299 g/mol. The number of carbonyl (C=O) groups is 1. The van der Waals surface area contributed by atoms with Gasteiger partial charge in [0.1, 0.15) is 5.82 Å². The van der Waals surface area contributed by atoms with Crippen molar-refractivity contribution in [3.63, 3.8) is 0 Å². The number of halogens is 1. The fourth-order valence-electron chi connectivity index (χ4n) is 2.09. The summed E-state index contributed by atoms with van der Waals surface area (Å²) in [4.78, 5) is 14.3. The molecule has 4 nitrogen and oxygen atoms in total. The number of morpholine rings is 1. The standard InChI is InChI=1S/C14H18FNO3S/c15-12-3-1-2-4-13(12)20-8-5-14(18)16-6-7-19-10-11(16)9-17/h1-4,11,17H,5-10H2. The van der Waals surface area contributed by atoms with Crippen LogP contribution in [-0.4, -0.2) is 54.1 Å². The second-order valence-electron chi connectivity index (χ2n) is 4.53. The van der Waals surface area contributed by atoms with Crippen LogP contribution >= 0.6 is 11.8 Å². The number of aliphatic hydroxyl groups is 1. The molecule has 1 fully saturated rings. The van der Waals surface area contributed by atoms with E-state index in [0.717, 1.165) is 0 Å². The lowest BCUT2D eigenvalue weighted by atomic mass is 10.2. The Balaban J connectivity index is 1.81. The van der Waals surface area contributed by atoms with E-state index >= 15 is 0 Å². The molecule has 1 aromatic carbocycles. The van der Waals surface area contributed by atoms with Gasteiger partial charge in [-0.3, -0.25) is 4.79 Å². The Hall–Kier alpha value is -1.11. The van der Waals surface area contributed by atoms with E-state index in [-0.39, 0.29) is 24.4 Å². The Labute approximate surface area is 121 Å². The number of hydrogen-bond donors (Lipinski definition) is 1. The van der Waals surface area contributed by atoms with Crippen LogP contribution in [0.2, 0.25) is 0 Å². The van der Waals surface area contributed by atoms with Crippen LogP contribution in [0, 0.1) is 5.82 Å². The van der Waals surface area contributed by atoms with Crippen LogP contribution in [0.15, 0.2) is 29.2 Å². The van der Waals surface area contributed by atoms with Crippen molar-refractivity contribution in [1.29, 1.82) is 0 Å². The number of ether oxygens (including phenoxy) is 1. The number of amides is 1. The van der Waals surface area contributed by atoms with Crippen LogP contribution in [0.5, 0.6) is 0 Å². The zero-order chi connectivity index (χ0) is 14.4. The van der Waals surface area contributed by atoms with Gasteiger partial charge in [0.05, 0.1) is 25.9 Å². The van der Waals surface area contributed by atoms with Crippen molar-refractivity contribution in [3.8, 4) is 0 Å². The van der Waals surface area contributed by atoms with Crippen LogP contribution in [0.1, 0.15) is 6.42 Å². The monoisotopic (exact) mass is 299 g/mol. The molecule has 1 aliphatic heterocycles. The quantitative estimate of drug-likeness (QED) is 0.838. The molecule has 6 heteroatoms. The predicted octanol–water partition coefficient (Wildman–Crippen LogP) is 1.53. The molecular formula is C14H18FNO3S. The zero-order valence-electron chi connectivity index (χ0n) is 11.1. The van der Waals surface area contributed by atoms with Gasteiger partial charge in [0.2, 0.25) is 5.91 Å². The summed E-state index contributed by atoms with van der Waals surface area (Å²) in [5, 5.41) is 9.22. The van der Waals surface area contributed by atoms with Gasteiger partial charge in [-0.25, -0.2) is 4.39 Å². The van der Waals surface area contributed by atoms with E-state index < -0.39 is 0 Å². The van der Waals surface area contributed by atoms with Crippen LogP contribution in [0.3, 0.4) is 0 Å². The molecule has 1 heterocycles. The minimum atomic E-state index is -0.260. The lowest BCUT2D eigenvalue weighted by molar-refractivity contribution is -0.141. The Morgan fingerprint density at radius 1 is 1.50 bits per heavy atom. The molecule has 1 aromatic rings. The number of aliphatic hydroxyl groups excluding tert-OH is 1. The number of hydrogen-bond acceptors (Lipinski definition) is 4. The molecule has 1 saturated heterocycles. The first kappa shape index (κ1) is 15.3. The van der Waals surface area contributed by atoms with Crippen molar-refractivity contribution < 1.29 is 19.0 Å². The van der Waals surface area contributed by atoms with E-state index in [4.69, 9.17) is 4.74 Å². The largest absolute Gasteiger partial charge is 0.394 e. The first-order chi connectivity index (χ1) is 9.72. The smallest absolute Gasteiger partial charge is 0.223 e. The summed E-state index contributed by atoms with van der Waals surface area (Å²) in [5.74, 6) is 0.246. The van der Waals surface area contributed by atoms with E-state index in [1.54, 1.807) is 23.1 Å². The molecule has 0 saturated carbocycles. The lowest BCUT2D eigenvalue weighted by Gasteiger charge is -2.34. The zero-order valence-corrected chi connectivity index (χ0v) is 11.9. The maximum atomic E-state index is 13.4. The van der Waals surface area contributed by atoms with Gasteiger partial charge in [-0.15, -0.1) is 11.8 Å². The van der Waals surface area contributed by atoms with Crippen molar-refractivity contribution in [2.75, 3.05) is 32.1 Å². The summed E-state index contributed by atoms with van der Waals surface area (Å²) in [6.07, 6.45) is 0.329. The molecule has 0 radical (unpaired) electrons. The first-order valence-electron chi connectivity index (χ1n) is 6.57. The summed E-state index contributed by atoms with van der Waals surface area (Å²) in [5.41, 5.74) is 0. The average Bonchev–Trinajstić information content (AvgIpc) is 2.49. The molecule has 1 aliphatic rings. The Morgan fingerprint density at radius 2 is 2.30 bits per heavy atom. The first-order valence-corrected chi connectivity index (χ1v) is 7.56. The molecule has 0 aromatic heterocycles. The van der Waals surface area contributed by atoms with Crippen molar-refractivity contribution in [3.05, 3.63) is 30.1 Å². The Bertz CT molecular complexity index is 458. The van der Waals surface area contributed by atoms with Gasteiger partial charge in [0, 0.05) is 23.6 Å². The summed E-state index contributed by atoms with van der Waals surface area (Å²) in [7, 11) is 0. The summed E-state index contributed by atoms with van der Waals surface area (Å²) in [6, 6.07) is 6.28. The van der Waals surface area contributed by atoms with Crippen molar-refractivity contribution >= 4 is 17.7 Å². The van der Waals surface area contributed by atoms with Gasteiger partial charge in [0.15, 0.2) is 0 Å². The highest BCUT2D eigenvalue weighted by atomic mass is 32.2. The fraction of sp³-hybridized carbons (Fsp3) is 0.500. The van der Waals surface area contributed by atoms with Gasteiger partial charge in [-0.2, -0.15) is 0 Å². The minimum absolute atomic E-state index is 0.0174. The predicted molar refractivity (Wildman–Crippen MR) is 75.1 cm³/mol. The molecule has 20 heavy (non-hydrogen) atoms. The summed E-state index contributed by atoms with van der Waals surface area (Å²) >= 11 is 1.33. The van der Waals surface area contributed by atoms with E-state index in [9.17, 15) is 14.3 Å². The summed E-state index contributed by atoms with van der Waals surface area (Å²) in [6.45, 7) is 1.30. The molecule has 0 spiro atoms. The van der Waals surface area contributed by atoms with Crippen LogP contribution in [-0.2, 0) is 9.53 Å². The van der Waals surface area contributed by atoms with Gasteiger partial charge in [0.25, 0.3) is 0 Å². The van der Waals surface area contributed by atoms with Crippen LogP contribution in [0.4, 0.5) is 4.39 Å². The van der Waals surface area contributed by atoms with Crippen LogP contribution in [0.25, 0.3) is 0 Å². The molecular weight excluding hydrogens is 281 g/mol. The number of nitrogens with zero attached hydrogens (tertiary/aromatic N) is 1. The highest BCUT2D eigenvalue weighted by molar-refractivity contribution is 7.99. The van der Waals surface area contributed by atoms with Gasteiger partial charge >= 0.3 is 0 Å². The SMILES string of the molecule is O=C(CCSc1ccccc1F)N1CCOCC1CO. The molecule has 1 unspecified atom stereocenters. The lowest BCUT2D eigenvalue weighted by Crippen LogP contribution is -2.50. The number of benzene rings is 1. The van der Waals surface area contributed by atoms with Crippen molar-refractivity contribution in [2.45, 2.75) is 17.4 Å². The molecule has 0 bridgehead atoms. The third-order valence-corrected chi connectivity index (χ3v) is 4.22. The second-order valence-corrected chi connectivity index (χ2v) is 5.66. The van der Waals surface area contributed by atoms with Crippen molar-refractivity contribution in [1.82, 2.24) is 4.90 Å². The summed E-state index contributed by atoms with van der Waals surface area (Å²) < 4.78 is 18.7. The third kappa shape index (κ3) is 3.94. The normalized spacial score (nSPS) is 19.1. The van der Waals surface area contributed by atoms with Gasteiger partial charge < -0.3 is 14.7 Å². The number of carbonyl (C=O) groups excluding carboxylic acids is 1. The third-order valence-electron chi connectivity index (χ3n) is 3.17. The topological polar surface area (TPSA) is 49.8 Å². The van der Waals surface area contributed by atoms with E-state index in [2.05, 4.69) is 0 Å². The molecule has 110 valence electrons. The highest BCUT2D eigenvalue weighted by Crippen LogP contribution is 2.22. The highest BCUT2D eigenvalue weighted by Gasteiger charge is 2.26. The fourth-order valence-corrected chi connectivity index (χ4v) is 2.97. The maximum absolute atomic E-state index is 13.4. The molecule has 1 N–H and O–H groups in total. The van der Waals surface area contributed by atoms with E-state index in [0.29, 0.717) is 36.8 Å². The number of thioether (sulfide) groups is 1. The van der Waals surface area contributed by atoms with E-state index in [1.807, 2.05) is 0 Å². The van der Waals surface area contributed by atoms with Gasteiger partial charge in [-0.05, 0) is 12.1 Å². The molecule has 0 aliphatic carbocycles. The van der Waals surface area contributed by atoms with Gasteiger partial charge in [-0.1, -0.05) is 12.1 Å². The molecule has 1 atom stereocenters. The molecule has 2 rings (SSSR count).